The van der Waals surface area contributed by atoms with Crippen LogP contribution in [0.1, 0.15) is 43.2 Å². The highest BCUT2D eigenvalue weighted by molar-refractivity contribution is 5.81. The van der Waals surface area contributed by atoms with Crippen molar-refractivity contribution < 1.29 is 24.2 Å². The molecule has 4 rings (SSSR count). The molecule has 1 atom stereocenters. The third kappa shape index (κ3) is 5.02. The third-order valence-corrected chi connectivity index (χ3v) is 6.71. The van der Waals surface area contributed by atoms with Gasteiger partial charge in [-0.1, -0.05) is 55.5 Å². The van der Waals surface area contributed by atoms with E-state index in [2.05, 4.69) is 29.6 Å². The molecule has 1 fully saturated rings. The number of benzene rings is 2. The molecule has 0 spiro atoms. The Labute approximate surface area is 193 Å². The van der Waals surface area contributed by atoms with Crippen LogP contribution < -0.4 is 5.32 Å². The number of nitrogens with one attached hydrogen (secondary N) is 1. The molecule has 1 unspecified atom stereocenters. The number of fused-ring (bicyclic) bond motifs is 3. The molecule has 1 aliphatic carbocycles. The number of aliphatic carboxylic acids is 1. The van der Waals surface area contributed by atoms with E-state index in [0.29, 0.717) is 25.9 Å². The van der Waals surface area contributed by atoms with E-state index in [1.807, 2.05) is 31.2 Å². The fourth-order valence-electron chi connectivity index (χ4n) is 4.78. The number of carboxylic acid groups (broad SMARTS) is 1. The van der Waals surface area contributed by atoms with Crippen molar-refractivity contribution in [3.8, 4) is 11.1 Å². The Morgan fingerprint density at radius 2 is 1.67 bits per heavy atom. The molecular formula is C26H30N2O5. The van der Waals surface area contributed by atoms with Crippen molar-refractivity contribution in [3.63, 3.8) is 0 Å². The molecule has 0 bridgehead atoms. The van der Waals surface area contributed by atoms with Gasteiger partial charge < -0.3 is 20.1 Å². The van der Waals surface area contributed by atoms with Crippen LogP contribution in [0.4, 0.5) is 4.79 Å². The van der Waals surface area contributed by atoms with Gasteiger partial charge in [-0.25, -0.2) is 4.79 Å². The zero-order chi connectivity index (χ0) is 23.4. The van der Waals surface area contributed by atoms with Crippen LogP contribution in [0, 0.1) is 11.8 Å². The molecular weight excluding hydrogens is 420 g/mol. The number of nitrogens with zero attached hydrogens (tertiary/aromatic N) is 1. The number of amides is 2. The number of hydrogen-bond donors (Lipinski definition) is 2. The summed E-state index contributed by atoms with van der Waals surface area (Å²) in [4.78, 5) is 37.6. The van der Waals surface area contributed by atoms with Crippen molar-refractivity contribution in [3.05, 3.63) is 59.7 Å². The highest BCUT2D eigenvalue weighted by Gasteiger charge is 2.34. The van der Waals surface area contributed by atoms with Crippen LogP contribution in [0.15, 0.2) is 48.5 Å². The second kappa shape index (κ2) is 10.1. The Morgan fingerprint density at radius 3 is 2.24 bits per heavy atom. The molecule has 2 aromatic rings. The van der Waals surface area contributed by atoms with Crippen LogP contribution in [-0.4, -0.2) is 54.2 Å². The number of ether oxygens (including phenoxy) is 1. The average Bonchev–Trinajstić information content (AvgIpc) is 3.10. The van der Waals surface area contributed by atoms with Gasteiger partial charge in [-0.05, 0) is 41.0 Å². The Bertz CT molecular complexity index is 985. The molecule has 2 aliphatic rings. The summed E-state index contributed by atoms with van der Waals surface area (Å²) >= 11 is 0. The fourth-order valence-corrected chi connectivity index (χ4v) is 4.78. The van der Waals surface area contributed by atoms with E-state index in [9.17, 15) is 14.4 Å². The number of hydrogen-bond acceptors (Lipinski definition) is 4. The van der Waals surface area contributed by atoms with E-state index < -0.39 is 12.1 Å². The standard InChI is InChI=1S/C26H30N2O5/c1-2-18(25(31)28-14-17(15-28)11-12-24(29)30)13-27-26(32)33-16-23-21-9-5-3-7-19(21)20-8-4-6-10-22(20)23/h3-10,17-18,23H,2,11-16H2,1H3,(H,27,32)(H,29,30). The molecule has 7 heteroatoms. The Balaban J connectivity index is 1.26. The van der Waals surface area contributed by atoms with E-state index in [-0.39, 0.29) is 43.2 Å². The molecule has 0 radical (unpaired) electrons. The molecule has 33 heavy (non-hydrogen) atoms. The molecule has 7 nitrogen and oxygen atoms in total. The van der Waals surface area contributed by atoms with Crippen LogP contribution in [0.3, 0.4) is 0 Å². The molecule has 2 N–H and O–H groups in total. The van der Waals surface area contributed by atoms with Gasteiger partial charge in [0.2, 0.25) is 5.91 Å². The lowest BCUT2D eigenvalue weighted by molar-refractivity contribution is -0.142. The van der Waals surface area contributed by atoms with E-state index in [4.69, 9.17) is 9.84 Å². The van der Waals surface area contributed by atoms with Crippen molar-refractivity contribution in [2.24, 2.45) is 11.8 Å². The Kier molecular flexibility index (Phi) is 6.96. The Hall–Kier alpha value is -3.35. The number of carbonyl (C=O) groups excluding carboxylic acids is 2. The molecule has 0 saturated carbocycles. The molecule has 174 valence electrons. The zero-order valence-corrected chi connectivity index (χ0v) is 18.8. The summed E-state index contributed by atoms with van der Waals surface area (Å²) < 4.78 is 5.56. The topological polar surface area (TPSA) is 95.9 Å². The maximum absolute atomic E-state index is 12.7. The SMILES string of the molecule is CCC(CNC(=O)OCC1c2ccccc2-c2ccccc21)C(=O)N1CC(CCC(=O)O)C1. The second-order valence-electron chi connectivity index (χ2n) is 8.85. The maximum atomic E-state index is 12.7. The minimum atomic E-state index is -0.807. The zero-order valence-electron chi connectivity index (χ0n) is 18.8. The van der Waals surface area contributed by atoms with Crippen LogP contribution >= 0.6 is 0 Å². The van der Waals surface area contributed by atoms with E-state index in [1.54, 1.807) is 4.90 Å². The van der Waals surface area contributed by atoms with Gasteiger partial charge in [-0.3, -0.25) is 9.59 Å². The minimum Gasteiger partial charge on any atom is -0.481 e. The van der Waals surface area contributed by atoms with E-state index in [1.165, 1.54) is 11.1 Å². The lowest BCUT2D eigenvalue weighted by atomic mass is 9.92. The van der Waals surface area contributed by atoms with Crippen LogP contribution in [0.2, 0.25) is 0 Å². The molecule has 2 amide bonds. The summed E-state index contributed by atoms with van der Waals surface area (Å²) in [6.07, 6.45) is 0.811. The van der Waals surface area contributed by atoms with Gasteiger partial charge in [0.25, 0.3) is 0 Å². The maximum Gasteiger partial charge on any atom is 0.407 e. The lowest BCUT2D eigenvalue weighted by Crippen LogP contribution is -2.53. The number of carbonyl (C=O) groups is 3. The highest BCUT2D eigenvalue weighted by atomic mass is 16.5. The Morgan fingerprint density at radius 1 is 1.06 bits per heavy atom. The summed E-state index contributed by atoms with van der Waals surface area (Å²) in [7, 11) is 0. The van der Waals surface area contributed by atoms with Gasteiger partial charge >= 0.3 is 12.1 Å². The quantitative estimate of drug-likeness (QED) is 0.605. The van der Waals surface area contributed by atoms with Crippen molar-refractivity contribution in [1.82, 2.24) is 10.2 Å². The van der Waals surface area contributed by atoms with Crippen molar-refractivity contribution >= 4 is 18.0 Å². The molecule has 1 aliphatic heterocycles. The number of likely N-dealkylation sites (tertiary alicyclic amines) is 1. The summed E-state index contributed by atoms with van der Waals surface area (Å²) in [6, 6.07) is 16.4. The van der Waals surface area contributed by atoms with Crippen molar-refractivity contribution in [2.75, 3.05) is 26.2 Å². The number of alkyl carbamates (subject to hydrolysis) is 1. The van der Waals surface area contributed by atoms with Crippen LogP contribution in [0.5, 0.6) is 0 Å². The highest BCUT2D eigenvalue weighted by Crippen LogP contribution is 2.44. The van der Waals surface area contributed by atoms with Crippen LogP contribution in [-0.2, 0) is 14.3 Å². The van der Waals surface area contributed by atoms with Gasteiger partial charge in [-0.2, -0.15) is 0 Å². The van der Waals surface area contributed by atoms with Gasteiger partial charge in [0.15, 0.2) is 0 Å². The first-order valence-electron chi connectivity index (χ1n) is 11.6. The average molecular weight is 451 g/mol. The molecule has 1 heterocycles. The first-order valence-corrected chi connectivity index (χ1v) is 11.6. The third-order valence-electron chi connectivity index (χ3n) is 6.71. The smallest absolute Gasteiger partial charge is 0.407 e. The molecule has 0 aromatic heterocycles. The molecule has 1 saturated heterocycles. The lowest BCUT2D eigenvalue weighted by Gasteiger charge is -2.41. The number of rotatable bonds is 9. The summed E-state index contributed by atoms with van der Waals surface area (Å²) in [5.41, 5.74) is 4.66. The van der Waals surface area contributed by atoms with Crippen LogP contribution in [0.25, 0.3) is 11.1 Å². The summed E-state index contributed by atoms with van der Waals surface area (Å²) in [5, 5.41) is 11.5. The largest absolute Gasteiger partial charge is 0.481 e. The van der Waals surface area contributed by atoms with E-state index >= 15 is 0 Å². The van der Waals surface area contributed by atoms with Gasteiger partial charge in [0.1, 0.15) is 6.61 Å². The monoisotopic (exact) mass is 450 g/mol. The second-order valence-corrected chi connectivity index (χ2v) is 8.85. The van der Waals surface area contributed by atoms with Gasteiger partial charge in [0.05, 0.1) is 5.92 Å². The fraction of sp³-hybridized carbons (Fsp3) is 0.423. The number of carboxylic acids is 1. The first-order chi connectivity index (χ1) is 16.0. The summed E-state index contributed by atoms with van der Waals surface area (Å²) in [5.74, 6) is -0.874. The van der Waals surface area contributed by atoms with Gasteiger partial charge in [-0.15, -0.1) is 0 Å². The molecule has 2 aromatic carbocycles. The van der Waals surface area contributed by atoms with Crippen molar-refractivity contribution in [1.29, 1.82) is 0 Å². The van der Waals surface area contributed by atoms with Crippen molar-refractivity contribution in [2.45, 2.75) is 32.1 Å². The summed E-state index contributed by atoms with van der Waals surface area (Å²) in [6.45, 7) is 3.56. The van der Waals surface area contributed by atoms with E-state index in [0.717, 1.165) is 11.1 Å². The van der Waals surface area contributed by atoms with Gasteiger partial charge in [0, 0.05) is 32.0 Å². The normalized spacial score (nSPS) is 15.8. The first kappa shape index (κ1) is 22.8. The predicted octanol–water partition coefficient (Wildman–Crippen LogP) is 3.87. The minimum absolute atomic E-state index is 0.00280. The predicted molar refractivity (Wildman–Crippen MR) is 124 cm³/mol.